The third-order valence-corrected chi connectivity index (χ3v) is 5.10. The fraction of sp³-hybridized carbons (Fsp3) is 0.571. The number of benzene rings is 1. The third-order valence-electron chi connectivity index (χ3n) is 3.90. The van der Waals surface area contributed by atoms with Gasteiger partial charge in [0.25, 0.3) is 0 Å². The Labute approximate surface area is 129 Å². The fourth-order valence-electron chi connectivity index (χ4n) is 2.74. The van der Waals surface area contributed by atoms with Crippen molar-refractivity contribution in [2.24, 2.45) is 11.8 Å². The van der Waals surface area contributed by atoms with Crippen LogP contribution in [-0.2, 0) is 6.54 Å². The zero-order chi connectivity index (χ0) is 13.8. The average molecular weight is 323 g/mol. The summed E-state index contributed by atoms with van der Waals surface area (Å²) in [6, 6.07) is 3.47. The minimum atomic E-state index is 0.283. The van der Waals surface area contributed by atoms with Crippen molar-refractivity contribution < 1.29 is 5.11 Å². The van der Waals surface area contributed by atoms with Gasteiger partial charge in [-0.3, -0.25) is 0 Å². The lowest BCUT2D eigenvalue weighted by Gasteiger charge is -2.18. The second-order valence-corrected chi connectivity index (χ2v) is 6.28. The van der Waals surface area contributed by atoms with Crippen LogP contribution in [0.15, 0.2) is 12.1 Å². The minimum absolute atomic E-state index is 0.283. The SMILES string of the molecule is OCC1CCCC1CNCc1c(Cl)ccc(Cl)c1Cl. The molecule has 2 atom stereocenters. The van der Waals surface area contributed by atoms with E-state index in [1.807, 2.05) is 0 Å². The maximum Gasteiger partial charge on any atom is 0.0652 e. The van der Waals surface area contributed by atoms with Crippen molar-refractivity contribution in [2.45, 2.75) is 25.8 Å². The maximum absolute atomic E-state index is 9.29. The summed E-state index contributed by atoms with van der Waals surface area (Å²) in [5.41, 5.74) is 0.842. The minimum Gasteiger partial charge on any atom is -0.396 e. The molecule has 0 amide bonds. The monoisotopic (exact) mass is 321 g/mol. The lowest BCUT2D eigenvalue weighted by molar-refractivity contribution is 0.192. The Morgan fingerprint density at radius 3 is 2.53 bits per heavy atom. The Bertz CT molecular complexity index is 439. The lowest BCUT2D eigenvalue weighted by Crippen LogP contribution is -2.26. The quantitative estimate of drug-likeness (QED) is 0.798. The molecule has 2 rings (SSSR count). The zero-order valence-electron chi connectivity index (χ0n) is 10.6. The molecule has 0 aromatic heterocycles. The molecule has 19 heavy (non-hydrogen) atoms. The first kappa shape index (κ1) is 15.4. The van der Waals surface area contributed by atoms with E-state index in [1.165, 1.54) is 12.8 Å². The highest BCUT2D eigenvalue weighted by Crippen LogP contribution is 2.32. The Balaban J connectivity index is 1.91. The Hall–Kier alpha value is 0.01000. The standard InChI is InChI=1S/C14H18Cl3NO/c15-12-4-5-13(16)14(17)11(12)7-18-6-9-2-1-3-10(9)8-19/h4-5,9-10,18-19H,1-3,6-8H2. The van der Waals surface area contributed by atoms with E-state index in [2.05, 4.69) is 5.32 Å². The van der Waals surface area contributed by atoms with Gasteiger partial charge >= 0.3 is 0 Å². The van der Waals surface area contributed by atoms with Crippen molar-refractivity contribution in [3.8, 4) is 0 Å². The summed E-state index contributed by atoms with van der Waals surface area (Å²) in [5.74, 6) is 0.972. The molecule has 0 radical (unpaired) electrons. The summed E-state index contributed by atoms with van der Waals surface area (Å²) in [6.45, 7) is 1.77. The molecule has 0 heterocycles. The molecule has 1 fully saturated rings. The summed E-state index contributed by atoms with van der Waals surface area (Å²) in [6.07, 6.45) is 3.51. The van der Waals surface area contributed by atoms with Crippen LogP contribution in [0.2, 0.25) is 15.1 Å². The average Bonchev–Trinajstić information content (AvgIpc) is 2.85. The first-order valence-corrected chi connectivity index (χ1v) is 7.70. The first-order valence-electron chi connectivity index (χ1n) is 6.57. The van der Waals surface area contributed by atoms with Crippen molar-refractivity contribution >= 4 is 34.8 Å². The van der Waals surface area contributed by atoms with E-state index in [4.69, 9.17) is 34.8 Å². The number of rotatable bonds is 5. The van der Waals surface area contributed by atoms with Gasteiger partial charge in [0.15, 0.2) is 0 Å². The largest absolute Gasteiger partial charge is 0.396 e. The van der Waals surface area contributed by atoms with Gasteiger partial charge in [-0.15, -0.1) is 0 Å². The summed E-state index contributed by atoms with van der Waals surface area (Å²) in [5, 5.41) is 14.3. The van der Waals surface area contributed by atoms with Gasteiger partial charge < -0.3 is 10.4 Å². The molecular formula is C14H18Cl3NO. The summed E-state index contributed by atoms with van der Waals surface area (Å²) in [7, 11) is 0. The number of hydrogen-bond acceptors (Lipinski definition) is 2. The van der Waals surface area contributed by atoms with Crippen molar-refractivity contribution in [1.82, 2.24) is 5.32 Å². The van der Waals surface area contributed by atoms with Crippen LogP contribution in [0.5, 0.6) is 0 Å². The molecule has 1 aromatic carbocycles. The number of halogens is 3. The number of aliphatic hydroxyl groups excluding tert-OH is 1. The Morgan fingerprint density at radius 2 is 1.79 bits per heavy atom. The molecule has 2 nitrogen and oxygen atoms in total. The van der Waals surface area contributed by atoms with Crippen LogP contribution < -0.4 is 5.32 Å². The van der Waals surface area contributed by atoms with Gasteiger partial charge in [-0.05, 0) is 43.4 Å². The van der Waals surface area contributed by atoms with Gasteiger partial charge in [0, 0.05) is 23.7 Å². The topological polar surface area (TPSA) is 32.3 Å². The highest BCUT2D eigenvalue weighted by Gasteiger charge is 2.26. The molecule has 0 spiro atoms. The zero-order valence-corrected chi connectivity index (χ0v) is 12.9. The summed E-state index contributed by atoms with van der Waals surface area (Å²) in [4.78, 5) is 0. The van der Waals surface area contributed by atoms with E-state index in [-0.39, 0.29) is 6.61 Å². The smallest absolute Gasteiger partial charge is 0.0652 e. The van der Waals surface area contributed by atoms with Crippen molar-refractivity contribution in [3.63, 3.8) is 0 Å². The van der Waals surface area contributed by atoms with E-state index in [1.54, 1.807) is 12.1 Å². The van der Waals surface area contributed by atoms with E-state index in [0.717, 1.165) is 18.5 Å². The maximum atomic E-state index is 9.29. The lowest BCUT2D eigenvalue weighted by atomic mass is 9.97. The van der Waals surface area contributed by atoms with E-state index in [9.17, 15) is 5.11 Å². The van der Waals surface area contributed by atoms with Crippen LogP contribution in [0, 0.1) is 11.8 Å². The van der Waals surface area contributed by atoms with Crippen LogP contribution in [0.4, 0.5) is 0 Å². The highest BCUT2D eigenvalue weighted by atomic mass is 35.5. The molecule has 106 valence electrons. The van der Waals surface area contributed by atoms with Crippen LogP contribution in [0.3, 0.4) is 0 Å². The highest BCUT2D eigenvalue weighted by molar-refractivity contribution is 6.44. The van der Waals surface area contributed by atoms with Gasteiger partial charge in [0.05, 0.1) is 10.0 Å². The predicted octanol–water partition coefficient (Wildman–Crippen LogP) is 4.15. The van der Waals surface area contributed by atoms with Crippen molar-refractivity contribution in [2.75, 3.05) is 13.2 Å². The van der Waals surface area contributed by atoms with Gasteiger partial charge in [-0.25, -0.2) is 0 Å². The van der Waals surface area contributed by atoms with Crippen LogP contribution in [0.1, 0.15) is 24.8 Å². The Morgan fingerprint density at radius 1 is 1.11 bits per heavy atom. The van der Waals surface area contributed by atoms with Gasteiger partial charge in [-0.1, -0.05) is 41.2 Å². The second-order valence-electron chi connectivity index (χ2n) is 5.09. The number of hydrogen-bond donors (Lipinski definition) is 2. The number of nitrogens with one attached hydrogen (secondary N) is 1. The third kappa shape index (κ3) is 3.77. The molecule has 1 aliphatic rings. The molecule has 1 aliphatic carbocycles. The molecule has 0 bridgehead atoms. The number of aliphatic hydroxyl groups is 1. The normalized spacial score (nSPS) is 22.9. The van der Waals surface area contributed by atoms with Gasteiger partial charge in [0.1, 0.15) is 0 Å². The molecule has 2 N–H and O–H groups in total. The molecule has 0 saturated heterocycles. The van der Waals surface area contributed by atoms with E-state index < -0.39 is 0 Å². The van der Waals surface area contributed by atoms with Crippen LogP contribution >= 0.6 is 34.8 Å². The summed E-state index contributed by atoms with van der Waals surface area (Å²) < 4.78 is 0. The Kier molecular flexibility index (Phi) is 5.79. The van der Waals surface area contributed by atoms with Gasteiger partial charge in [-0.2, -0.15) is 0 Å². The molecule has 5 heteroatoms. The van der Waals surface area contributed by atoms with Crippen molar-refractivity contribution in [3.05, 3.63) is 32.8 Å². The van der Waals surface area contributed by atoms with Crippen LogP contribution in [-0.4, -0.2) is 18.3 Å². The molecule has 0 aliphatic heterocycles. The fourth-order valence-corrected chi connectivity index (χ4v) is 3.42. The van der Waals surface area contributed by atoms with Crippen LogP contribution in [0.25, 0.3) is 0 Å². The molecule has 1 saturated carbocycles. The van der Waals surface area contributed by atoms with E-state index >= 15 is 0 Å². The predicted molar refractivity (Wildman–Crippen MR) is 81.1 cm³/mol. The second kappa shape index (κ2) is 7.14. The van der Waals surface area contributed by atoms with Crippen molar-refractivity contribution in [1.29, 1.82) is 0 Å². The van der Waals surface area contributed by atoms with Gasteiger partial charge in [0.2, 0.25) is 0 Å². The molecule has 2 unspecified atom stereocenters. The van der Waals surface area contributed by atoms with E-state index in [0.29, 0.717) is 33.4 Å². The first-order chi connectivity index (χ1) is 9.13. The summed E-state index contributed by atoms with van der Waals surface area (Å²) >= 11 is 18.3. The molecular weight excluding hydrogens is 305 g/mol. The molecule has 1 aromatic rings.